The minimum Gasteiger partial charge on any atom is -0.294 e. The van der Waals surface area contributed by atoms with Gasteiger partial charge in [0, 0.05) is 37.1 Å². The van der Waals surface area contributed by atoms with Crippen molar-refractivity contribution >= 4 is 21.4 Å². The van der Waals surface area contributed by atoms with Gasteiger partial charge in [0.05, 0.1) is 0 Å². The van der Waals surface area contributed by atoms with E-state index < -0.39 is 10.0 Å². The quantitative estimate of drug-likeness (QED) is 0.851. The first-order chi connectivity index (χ1) is 11.0. The Morgan fingerprint density at radius 1 is 1.13 bits per heavy atom. The van der Waals surface area contributed by atoms with Crippen molar-refractivity contribution in [2.24, 2.45) is 0 Å². The Morgan fingerprint density at radius 3 is 2.48 bits per heavy atom. The summed E-state index contributed by atoms with van der Waals surface area (Å²) < 4.78 is 27.5. The molecule has 0 spiro atoms. The summed E-state index contributed by atoms with van der Waals surface area (Å²) in [5.74, 6) is 0. The molecule has 2 heterocycles. The molecule has 0 radical (unpaired) electrons. The highest BCUT2D eigenvalue weighted by molar-refractivity contribution is 7.91. The van der Waals surface area contributed by atoms with Crippen molar-refractivity contribution < 1.29 is 8.42 Å². The molecule has 4 nitrogen and oxygen atoms in total. The SMILES string of the molecule is Cc1ccc(S(=O)(=O)N2CCN(Cc3ccccc3)C(C)C2)s1. The maximum atomic E-state index is 12.7. The molecule has 2 aromatic rings. The Bertz CT molecular complexity index is 756. The van der Waals surface area contributed by atoms with Crippen LogP contribution in [0.1, 0.15) is 17.4 Å². The van der Waals surface area contributed by atoms with E-state index in [9.17, 15) is 8.42 Å². The second-order valence-electron chi connectivity index (χ2n) is 6.03. The van der Waals surface area contributed by atoms with Crippen molar-refractivity contribution in [2.45, 2.75) is 30.6 Å². The molecule has 0 aliphatic carbocycles. The number of aryl methyl sites for hydroxylation is 1. The van der Waals surface area contributed by atoms with E-state index in [0.717, 1.165) is 18.0 Å². The van der Waals surface area contributed by atoms with Gasteiger partial charge in [-0.25, -0.2) is 8.42 Å². The smallest absolute Gasteiger partial charge is 0.252 e. The van der Waals surface area contributed by atoms with Crippen molar-refractivity contribution in [1.82, 2.24) is 9.21 Å². The van der Waals surface area contributed by atoms with E-state index >= 15 is 0 Å². The van der Waals surface area contributed by atoms with Crippen molar-refractivity contribution in [3.63, 3.8) is 0 Å². The Labute approximate surface area is 142 Å². The summed E-state index contributed by atoms with van der Waals surface area (Å²) in [6, 6.07) is 14.1. The maximum Gasteiger partial charge on any atom is 0.252 e. The predicted octanol–water partition coefficient (Wildman–Crippen LogP) is 2.95. The molecule has 1 saturated heterocycles. The second kappa shape index (κ2) is 6.73. The number of piperazine rings is 1. The number of hydrogen-bond donors (Lipinski definition) is 0. The van der Waals surface area contributed by atoms with Crippen molar-refractivity contribution in [2.75, 3.05) is 19.6 Å². The number of benzene rings is 1. The monoisotopic (exact) mass is 350 g/mol. The van der Waals surface area contributed by atoms with Gasteiger partial charge in [0.15, 0.2) is 0 Å². The fraction of sp³-hybridized carbons (Fsp3) is 0.412. The fourth-order valence-corrected chi connectivity index (χ4v) is 5.86. The van der Waals surface area contributed by atoms with Crippen LogP contribution in [0.2, 0.25) is 0 Å². The number of hydrogen-bond acceptors (Lipinski definition) is 4. The molecule has 0 saturated carbocycles. The first kappa shape index (κ1) is 16.6. The minimum atomic E-state index is -3.35. The lowest BCUT2D eigenvalue weighted by Crippen LogP contribution is -2.52. The van der Waals surface area contributed by atoms with Crippen LogP contribution in [0.5, 0.6) is 0 Å². The molecular weight excluding hydrogens is 328 g/mol. The van der Waals surface area contributed by atoms with E-state index in [2.05, 4.69) is 24.0 Å². The van der Waals surface area contributed by atoms with Gasteiger partial charge in [0.25, 0.3) is 10.0 Å². The third-order valence-corrected chi connectivity index (χ3v) is 7.60. The summed E-state index contributed by atoms with van der Waals surface area (Å²) in [7, 11) is -3.35. The topological polar surface area (TPSA) is 40.6 Å². The molecule has 1 fully saturated rings. The zero-order valence-electron chi connectivity index (χ0n) is 13.5. The number of thiophene rings is 1. The van der Waals surface area contributed by atoms with Crippen LogP contribution in [0.3, 0.4) is 0 Å². The summed E-state index contributed by atoms with van der Waals surface area (Å²) in [6.45, 7) is 6.77. The molecule has 1 aliphatic heterocycles. The highest BCUT2D eigenvalue weighted by Crippen LogP contribution is 2.26. The van der Waals surface area contributed by atoms with Crippen LogP contribution in [0.4, 0.5) is 0 Å². The number of nitrogens with zero attached hydrogens (tertiary/aromatic N) is 2. The van der Waals surface area contributed by atoms with E-state index in [1.807, 2.05) is 31.2 Å². The molecule has 0 amide bonds. The van der Waals surface area contributed by atoms with Gasteiger partial charge >= 0.3 is 0 Å². The molecule has 1 aromatic heterocycles. The molecular formula is C17H22N2O2S2. The fourth-order valence-electron chi connectivity index (χ4n) is 2.91. The van der Waals surface area contributed by atoms with Gasteiger partial charge in [-0.15, -0.1) is 11.3 Å². The average Bonchev–Trinajstić information content (AvgIpc) is 2.97. The lowest BCUT2D eigenvalue weighted by molar-refractivity contribution is 0.122. The summed E-state index contributed by atoms with van der Waals surface area (Å²) in [6.07, 6.45) is 0. The maximum absolute atomic E-state index is 12.7. The summed E-state index contributed by atoms with van der Waals surface area (Å²) in [5.41, 5.74) is 1.27. The van der Waals surface area contributed by atoms with E-state index in [1.54, 1.807) is 10.4 Å². The Balaban J connectivity index is 1.69. The third-order valence-electron chi connectivity index (χ3n) is 4.27. The average molecular weight is 351 g/mol. The zero-order chi connectivity index (χ0) is 16.4. The Morgan fingerprint density at radius 2 is 1.87 bits per heavy atom. The molecule has 6 heteroatoms. The second-order valence-corrected chi connectivity index (χ2v) is 9.49. The van der Waals surface area contributed by atoms with Gasteiger partial charge in [-0.3, -0.25) is 4.90 Å². The van der Waals surface area contributed by atoms with Gasteiger partial charge in [-0.2, -0.15) is 4.31 Å². The van der Waals surface area contributed by atoms with Gasteiger partial charge in [0.2, 0.25) is 0 Å². The van der Waals surface area contributed by atoms with Crippen LogP contribution >= 0.6 is 11.3 Å². The molecule has 0 N–H and O–H groups in total. The van der Waals surface area contributed by atoms with E-state index in [0.29, 0.717) is 17.3 Å². The lowest BCUT2D eigenvalue weighted by atomic mass is 10.1. The molecule has 1 atom stereocenters. The minimum absolute atomic E-state index is 0.208. The highest BCUT2D eigenvalue weighted by Gasteiger charge is 2.32. The molecule has 0 bridgehead atoms. The Hall–Kier alpha value is -1.21. The highest BCUT2D eigenvalue weighted by atomic mass is 32.2. The van der Waals surface area contributed by atoms with Gasteiger partial charge < -0.3 is 0 Å². The molecule has 124 valence electrons. The van der Waals surface area contributed by atoms with Crippen LogP contribution < -0.4 is 0 Å². The van der Waals surface area contributed by atoms with E-state index in [1.165, 1.54) is 16.9 Å². The van der Waals surface area contributed by atoms with Crippen LogP contribution in [-0.2, 0) is 16.6 Å². The van der Waals surface area contributed by atoms with Crippen LogP contribution in [-0.4, -0.2) is 43.3 Å². The van der Waals surface area contributed by atoms with E-state index in [4.69, 9.17) is 0 Å². The summed E-state index contributed by atoms with van der Waals surface area (Å²) in [5, 5.41) is 0. The largest absolute Gasteiger partial charge is 0.294 e. The predicted molar refractivity (Wildman–Crippen MR) is 94.1 cm³/mol. The van der Waals surface area contributed by atoms with Crippen LogP contribution in [0.15, 0.2) is 46.7 Å². The number of rotatable bonds is 4. The van der Waals surface area contributed by atoms with Crippen molar-refractivity contribution in [3.05, 3.63) is 52.9 Å². The third kappa shape index (κ3) is 3.66. The molecule has 3 rings (SSSR count). The Kier molecular flexibility index (Phi) is 4.87. The zero-order valence-corrected chi connectivity index (χ0v) is 15.1. The molecule has 23 heavy (non-hydrogen) atoms. The van der Waals surface area contributed by atoms with Crippen LogP contribution in [0.25, 0.3) is 0 Å². The van der Waals surface area contributed by atoms with Crippen LogP contribution in [0, 0.1) is 6.92 Å². The summed E-state index contributed by atoms with van der Waals surface area (Å²) >= 11 is 1.35. The van der Waals surface area contributed by atoms with Gasteiger partial charge in [-0.05, 0) is 31.5 Å². The van der Waals surface area contributed by atoms with Crippen molar-refractivity contribution in [1.29, 1.82) is 0 Å². The summed E-state index contributed by atoms with van der Waals surface area (Å²) in [4.78, 5) is 3.38. The first-order valence-corrected chi connectivity index (χ1v) is 10.1. The van der Waals surface area contributed by atoms with Gasteiger partial charge in [-0.1, -0.05) is 30.3 Å². The van der Waals surface area contributed by atoms with Crippen molar-refractivity contribution in [3.8, 4) is 0 Å². The normalized spacial score (nSPS) is 20.7. The van der Waals surface area contributed by atoms with Gasteiger partial charge in [0.1, 0.15) is 4.21 Å². The lowest BCUT2D eigenvalue weighted by Gasteiger charge is -2.39. The molecule has 1 aromatic carbocycles. The number of sulfonamides is 1. The first-order valence-electron chi connectivity index (χ1n) is 7.81. The molecule has 1 aliphatic rings. The molecule has 1 unspecified atom stereocenters. The van der Waals surface area contributed by atoms with E-state index in [-0.39, 0.29) is 6.04 Å². The standard InChI is InChI=1S/C17H22N2O2S2/c1-14-12-19(23(20,21)17-9-8-15(2)22-17)11-10-18(14)13-16-6-4-3-5-7-16/h3-9,14H,10-13H2,1-2H3.